The van der Waals surface area contributed by atoms with Crippen LogP contribution in [-0.2, 0) is 9.22 Å². The van der Waals surface area contributed by atoms with Crippen LogP contribution in [-0.4, -0.2) is 42.4 Å². The van der Waals surface area contributed by atoms with E-state index in [4.69, 9.17) is 4.43 Å². The monoisotopic (exact) mass is 216 g/mol. The van der Waals surface area contributed by atoms with Crippen LogP contribution in [0.25, 0.3) is 0 Å². The third kappa shape index (κ3) is 9.44. The molecule has 0 rings (SSSR count). The molecular formula is C9H20N2O2Si. The van der Waals surface area contributed by atoms with E-state index >= 15 is 0 Å². The van der Waals surface area contributed by atoms with Gasteiger partial charge in [0, 0.05) is 19.7 Å². The lowest BCUT2D eigenvalue weighted by molar-refractivity contribution is -0.116. The highest BCUT2D eigenvalue weighted by atomic mass is 28.2. The third-order valence-corrected chi connectivity index (χ3v) is 3.06. The van der Waals surface area contributed by atoms with Crippen molar-refractivity contribution in [2.24, 2.45) is 0 Å². The minimum atomic E-state index is -0.377. The van der Waals surface area contributed by atoms with Crippen LogP contribution < -0.4 is 10.6 Å². The second-order valence-electron chi connectivity index (χ2n) is 2.92. The summed E-state index contributed by atoms with van der Waals surface area (Å²) in [7, 11) is 1.54. The van der Waals surface area contributed by atoms with Gasteiger partial charge in [0.25, 0.3) is 0 Å². The predicted molar refractivity (Wildman–Crippen MR) is 61.1 cm³/mol. The summed E-state index contributed by atoms with van der Waals surface area (Å²) in [5.74, 6) is -0.0947. The molecule has 2 N–H and O–H groups in total. The van der Waals surface area contributed by atoms with Crippen molar-refractivity contribution in [3.05, 3.63) is 12.7 Å². The number of rotatable bonds is 9. The molecular weight excluding hydrogens is 196 g/mol. The Balaban J connectivity index is 2.99. The summed E-state index contributed by atoms with van der Waals surface area (Å²) in [6, 6.07) is 1.11. The molecule has 0 heterocycles. The fourth-order valence-corrected chi connectivity index (χ4v) is 1.90. The highest BCUT2D eigenvalue weighted by Crippen LogP contribution is 1.87. The van der Waals surface area contributed by atoms with Crippen molar-refractivity contribution in [1.29, 1.82) is 0 Å². The van der Waals surface area contributed by atoms with Gasteiger partial charge in [-0.25, -0.2) is 0 Å². The molecule has 0 bridgehead atoms. The number of amides is 1. The Bertz CT molecular complexity index is 165. The first-order valence-corrected chi connectivity index (χ1v) is 6.51. The molecule has 0 fully saturated rings. The number of carbonyl (C=O) groups excluding carboxylic acids is 1. The highest BCUT2D eigenvalue weighted by Gasteiger charge is 1.93. The normalized spacial score (nSPS) is 10.6. The van der Waals surface area contributed by atoms with E-state index in [1.54, 1.807) is 0 Å². The van der Waals surface area contributed by atoms with Gasteiger partial charge in [0.1, 0.15) is 0 Å². The molecule has 0 aromatic carbocycles. The topological polar surface area (TPSA) is 50.4 Å². The Hall–Kier alpha value is -0.653. The molecule has 5 heteroatoms. The van der Waals surface area contributed by atoms with E-state index in [0.29, 0.717) is 0 Å². The lowest BCUT2D eigenvalue weighted by Gasteiger charge is -2.03. The molecule has 0 aromatic heterocycles. The zero-order valence-corrected chi connectivity index (χ0v) is 10.3. The van der Waals surface area contributed by atoms with Gasteiger partial charge in [-0.05, 0) is 25.6 Å². The first-order valence-electron chi connectivity index (χ1n) is 4.94. The van der Waals surface area contributed by atoms with Crippen molar-refractivity contribution in [2.45, 2.75) is 12.5 Å². The Morgan fingerprint density at radius 1 is 1.57 bits per heavy atom. The molecule has 4 nitrogen and oxygen atoms in total. The molecule has 0 aromatic rings. The SMILES string of the molecule is C=CC(=O)NCCC[SiH2]OCCNC. The predicted octanol–water partition coefficient (Wildman–Crippen LogP) is -0.583. The van der Waals surface area contributed by atoms with Crippen molar-refractivity contribution in [3.8, 4) is 0 Å². The van der Waals surface area contributed by atoms with Crippen LogP contribution in [0.5, 0.6) is 0 Å². The molecule has 14 heavy (non-hydrogen) atoms. The maximum Gasteiger partial charge on any atom is 0.243 e. The van der Waals surface area contributed by atoms with Crippen molar-refractivity contribution < 1.29 is 9.22 Å². The number of carbonyl (C=O) groups is 1. The molecule has 0 saturated carbocycles. The van der Waals surface area contributed by atoms with Crippen LogP contribution >= 0.6 is 0 Å². The Labute approximate surface area is 88.0 Å². The Morgan fingerprint density at radius 3 is 3.00 bits per heavy atom. The molecule has 0 unspecified atom stereocenters. The van der Waals surface area contributed by atoms with E-state index in [-0.39, 0.29) is 15.7 Å². The average Bonchev–Trinajstić information content (AvgIpc) is 2.21. The minimum Gasteiger partial charge on any atom is -0.423 e. The second-order valence-corrected chi connectivity index (χ2v) is 4.44. The minimum absolute atomic E-state index is 0.0947. The standard InChI is InChI=1S/C9H20N2O2Si/c1-3-9(12)11-5-4-8-14-13-7-6-10-2/h3,10H,1,4-8,14H2,2H3,(H,11,12). The summed E-state index contributed by atoms with van der Waals surface area (Å²) in [5, 5.41) is 5.75. The summed E-state index contributed by atoms with van der Waals surface area (Å²) >= 11 is 0. The zero-order valence-electron chi connectivity index (χ0n) is 8.84. The molecule has 0 aliphatic heterocycles. The van der Waals surface area contributed by atoms with E-state index in [0.717, 1.165) is 32.2 Å². The summed E-state index contributed by atoms with van der Waals surface area (Å²) in [6.45, 7) is 5.83. The Kier molecular flexibility index (Phi) is 9.94. The van der Waals surface area contributed by atoms with Crippen molar-refractivity contribution >= 4 is 15.7 Å². The van der Waals surface area contributed by atoms with Crippen LogP contribution in [0.2, 0.25) is 6.04 Å². The largest absolute Gasteiger partial charge is 0.423 e. The smallest absolute Gasteiger partial charge is 0.243 e. The van der Waals surface area contributed by atoms with Crippen LogP contribution in [0.4, 0.5) is 0 Å². The first-order chi connectivity index (χ1) is 6.81. The number of hydrogen-bond donors (Lipinski definition) is 2. The van der Waals surface area contributed by atoms with Gasteiger partial charge in [-0.15, -0.1) is 0 Å². The Morgan fingerprint density at radius 2 is 2.36 bits per heavy atom. The third-order valence-electron chi connectivity index (χ3n) is 1.70. The summed E-state index contributed by atoms with van der Waals surface area (Å²) in [5.41, 5.74) is 0. The van der Waals surface area contributed by atoms with Gasteiger partial charge in [-0.3, -0.25) is 4.79 Å². The van der Waals surface area contributed by atoms with Gasteiger partial charge in [0.15, 0.2) is 9.76 Å². The van der Waals surface area contributed by atoms with Crippen LogP contribution in [0.1, 0.15) is 6.42 Å². The van der Waals surface area contributed by atoms with E-state index in [9.17, 15) is 4.79 Å². The van der Waals surface area contributed by atoms with E-state index < -0.39 is 0 Å². The molecule has 0 aliphatic carbocycles. The lowest BCUT2D eigenvalue weighted by atomic mass is 10.4. The molecule has 0 radical (unpaired) electrons. The molecule has 0 aliphatic rings. The maximum absolute atomic E-state index is 10.7. The van der Waals surface area contributed by atoms with Gasteiger partial charge < -0.3 is 15.1 Å². The van der Waals surface area contributed by atoms with Gasteiger partial charge >= 0.3 is 0 Å². The first kappa shape index (κ1) is 13.3. The van der Waals surface area contributed by atoms with Gasteiger partial charge in [0.05, 0.1) is 0 Å². The van der Waals surface area contributed by atoms with Crippen LogP contribution in [0, 0.1) is 0 Å². The average molecular weight is 216 g/mol. The van der Waals surface area contributed by atoms with Gasteiger partial charge in [-0.1, -0.05) is 6.58 Å². The second kappa shape index (κ2) is 10.4. The van der Waals surface area contributed by atoms with Gasteiger partial charge in [0.2, 0.25) is 5.91 Å². The summed E-state index contributed by atoms with van der Waals surface area (Å²) in [6.07, 6.45) is 2.30. The van der Waals surface area contributed by atoms with E-state index in [1.165, 1.54) is 6.08 Å². The quantitative estimate of drug-likeness (QED) is 0.308. The maximum atomic E-state index is 10.7. The van der Waals surface area contributed by atoms with Crippen LogP contribution in [0.15, 0.2) is 12.7 Å². The fourth-order valence-electron chi connectivity index (χ4n) is 0.889. The molecule has 0 atom stereocenters. The molecule has 1 amide bonds. The summed E-state index contributed by atoms with van der Waals surface area (Å²) in [4.78, 5) is 10.7. The van der Waals surface area contributed by atoms with E-state index in [1.807, 2.05) is 7.05 Å². The molecule has 82 valence electrons. The zero-order chi connectivity index (χ0) is 10.6. The highest BCUT2D eigenvalue weighted by molar-refractivity contribution is 6.26. The van der Waals surface area contributed by atoms with Gasteiger partial charge in [-0.2, -0.15) is 0 Å². The molecule has 0 saturated heterocycles. The number of hydrogen-bond acceptors (Lipinski definition) is 3. The summed E-state index contributed by atoms with van der Waals surface area (Å²) < 4.78 is 5.45. The van der Waals surface area contributed by atoms with E-state index in [2.05, 4.69) is 17.2 Å². The number of likely N-dealkylation sites (N-methyl/N-ethyl adjacent to an activating group) is 1. The fraction of sp³-hybridized carbons (Fsp3) is 0.667. The molecule has 0 spiro atoms. The number of nitrogens with one attached hydrogen (secondary N) is 2. The van der Waals surface area contributed by atoms with Crippen molar-refractivity contribution in [2.75, 3.05) is 26.7 Å². The lowest BCUT2D eigenvalue weighted by Crippen LogP contribution is -2.22. The van der Waals surface area contributed by atoms with Crippen molar-refractivity contribution in [3.63, 3.8) is 0 Å². The van der Waals surface area contributed by atoms with Crippen molar-refractivity contribution in [1.82, 2.24) is 10.6 Å². The van der Waals surface area contributed by atoms with Crippen LogP contribution in [0.3, 0.4) is 0 Å².